The molecule has 0 N–H and O–H groups in total. The van der Waals surface area contributed by atoms with Gasteiger partial charge in [0.2, 0.25) is 0 Å². The van der Waals surface area contributed by atoms with Gasteiger partial charge >= 0.3 is 0 Å². The number of thioether (sulfide) groups is 1. The molecule has 0 spiro atoms. The van der Waals surface area contributed by atoms with E-state index >= 15 is 0 Å². The molecule has 0 aromatic heterocycles. The van der Waals surface area contributed by atoms with E-state index < -0.39 is 0 Å². The fraction of sp³-hybridized carbons (Fsp3) is 0.364. The minimum absolute atomic E-state index is 0.307. The summed E-state index contributed by atoms with van der Waals surface area (Å²) in [6, 6.07) is 5.49. The van der Waals surface area contributed by atoms with E-state index in [1.807, 2.05) is 12.1 Å². The number of carbonyl (C=O) groups excluding carboxylic acids is 1. The van der Waals surface area contributed by atoms with Crippen LogP contribution in [-0.4, -0.2) is 5.12 Å². The lowest BCUT2D eigenvalue weighted by molar-refractivity contribution is -0.112. The van der Waals surface area contributed by atoms with Gasteiger partial charge in [-0.1, -0.05) is 41.0 Å². The van der Waals surface area contributed by atoms with Crippen molar-refractivity contribution in [1.82, 2.24) is 0 Å². The Morgan fingerprint density at radius 3 is 2.67 bits per heavy atom. The van der Waals surface area contributed by atoms with Gasteiger partial charge in [0.1, 0.15) is 0 Å². The predicted molar refractivity (Wildman–Crippen MR) is 65.5 cm³/mol. The highest BCUT2D eigenvalue weighted by Gasteiger charge is 2.29. The molecule has 0 atom stereocenters. The maximum absolute atomic E-state index is 11.4. The van der Waals surface area contributed by atoms with E-state index in [1.54, 1.807) is 6.07 Å². The lowest BCUT2D eigenvalue weighted by atomic mass is 10.2. The van der Waals surface area contributed by atoms with Gasteiger partial charge in [0, 0.05) is 11.7 Å². The van der Waals surface area contributed by atoms with Crippen LogP contribution in [0.2, 0.25) is 10.0 Å². The van der Waals surface area contributed by atoms with Crippen molar-refractivity contribution in [2.24, 2.45) is 5.92 Å². The van der Waals surface area contributed by atoms with Gasteiger partial charge in [-0.2, -0.15) is 0 Å². The summed E-state index contributed by atoms with van der Waals surface area (Å²) in [7, 11) is 0. The summed E-state index contributed by atoms with van der Waals surface area (Å²) < 4.78 is 0. The van der Waals surface area contributed by atoms with E-state index in [9.17, 15) is 4.79 Å². The average Bonchev–Trinajstić information content (AvgIpc) is 3.03. The standard InChI is InChI=1S/C11H10Cl2OS/c12-9-4-1-7(5-10(9)13)6-15-11(14)8-2-3-8/h1,4-5,8H,2-3,6H2. The van der Waals surface area contributed by atoms with Crippen LogP contribution in [0, 0.1) is 5.92 Å². The van der Waals surface area contributed by atoms with Crippen molar-refractivity contribution in [2.75, 3.05) is 0 Å². The van der Waals surface area contributed by atoms with Gasteiger partial charge < -0.3 is 0 Å². The summed E-state index contributed by atoms with van der Waals surface area (Å²) in [6.45, 7) is 0. The van der Waals surface area contributed by atoms with Gasteiger partial charge in [-0.25, -0.2) is 0 Å². The van der Waals surface area contributed by atoms with Gasteiger partial charge in [0.05, 0.1) is 10.0 Å². The molecular weight excluding hydrogens is 251 g/mol. The van der Waals surface area contributed by atoms with Crippen LogP contribution in [0.15, 0.2) is 18.2 Å². The summed E-state index contributed by atoms with van der Waals surface area (Å²) in [5, 5.41) is 1.41. The molecule has 0 aliphatic heterocycles. The van der Waals surface area contributed by atoms with E-state index in [4.69, 9.17) is 23.2 Å². The first-order chi connectivity index (χ1) is 7.16. The zero-order chi connectivity index (χ0) is 10.8. The second-order valence-corrected chi connectivity index (χ2v) is 5.42. The number of benzene rings is 1. The SMILES string of the molecule is O=C(SCc1ccc(Cl)c(Cl)c1)C1CC1. The van der Waals surface area contributed by atoms with Crippen LogP contribution in [0.5, 0.6) is 0 Å². The quantitative estimate of drug-likeness (QED) is 0.812. The van der Waals surface area contributed by atoms with Crippen molar-refractivity contribution >= 4 is 40.1 Å². The van der Waals surface area contributed by atoms with E-state index in [1.165, 1.54) is 11.8 Å². The summed E-state index contributed by atoms with van der Waals surface area (Å²) in [5.74, 6) is 1.00. The first-order valence-corrected chi connectivity index (χ1v) is 6.51. The van der Waals surface area contributed by atoms with Crippen molar-refractivity contribution in [3.63, 3.8) is 0 Å². The third-order valence-electron chi connectivity index (χ3n) is 2.28. The molecule has 80 valence electrons. The minimum atomic E-state index is 0.307. The highest BCUT2D eigenvalue weighted by atomic mass is 35.5. The molecule has 15 heavy (non-hydrogen) atoms. The van der Waals surface area contributed by atoms with Crippen molar-refractivity contribution < 1.29 is 4.79 Å². The van der Waals surface area contributed by atoms with Gasteiger partial charge in [0.25, 0.3) is 0 Å². The highest BCUT2D eigenvalue weighted by Crippen LogP contribution is 2.35. The molecular formula is C11H10Cl2OS. The van der Waals surface area contributed by atoms with Crippen molar-refractivity contribution in [2.45, 2.75) is 18.6 Å². The van der Waals surface area contributed by atoms with Crippen LogP contribution in [0.4, 0.5) is 0 Å². The molecule has 0 radical (unpaired) electrons. The van der Waals surface area contributed by atoms with Gasteiger partial charge in [0.15, 0.2) is 5.12 Å². The van der Waals surface area contributed by atoms with Crippen LogP contribution in [-0.2, 0) is 10.5 Å². The number of rotatable bonds is 3. The fourth-order valence-corrected chi connectivity index (χ4v) is 2.50. The Morgan fingerprint density at radius 1 is 1.33 bits per heavy atom. The third kappa shape index (κ3) is 3.13. The molecule has 1 saturated carbocycles. The Kier molecular flexibility index (Phi) is 3.60. The lowest BCUT2D eigenvalue weighted by Gasteiger charge is -2.02. The van der Waals surface area contributed by atoms with Crippen molar-refractivity contribution in [3.05, 3.63) is 33.8 Å². The average molecular weight is 261 g/mol. The number of halogens is 2. The maximum Gasteiger partial charge on any atom is 0.192 e. The van der Waals surface area contributed by atoms with E-state index in [2.05, 4.69) is 0 Å². The summed E-state index contributed by atoms with van der Waals surface area (Å²) in [6.07, 6.45) is 2.13. The predicted octanol–water partition coefficient (Wildman–Crippen LogP) is 4.16. The van der Waals surface area contributed by atoms with Crippen LogP contribution in [0.1, 0.15) is 18.4 Å². The highest BCUT2D eigenvalue weighted by molar-refractivity contribution is 8.13. The zero-order valence-corrected chi connectivity index (χ0v) is 10.3. The molecule has 1 aliphatic rings. The number of carbonyl (C=O) groups is 1. The first kappa shape index (κ1) is 11.3. The van der Waals surface area contributed by atoms with Crippen LogP contribution >= 0.6 is 35.0 Å². The zero-order valence-electron chi connectivity index (χ0n) is 8.00. The third-order valence-corrected chi connectivity index (χ3v) is 4.11. The molecule has 0 heterocycles. The molecule has 1 aliphatic carbocycles. The van der Waals surface area contributed by atoms with Crippen LogP contribution in [0.3, 0.4) is 0 Å². The van der Waals surface area contributed by atoms with E-state index in [0.29, 0.717) is 26.8 Å². The fourth-order valence-electron chi connectivity index (χ4n) is 1.22. The van der Waals surface area contributed by atoms with E-state index in [0.717, 1.165) is 18.4 Å². The normalized spacial score (nSPS) is 15.3. The largest absolute Gasteiger partial charge is 0.287 e. The topological polar surface area (TPSA) is 17.1 Å². The first-order valence-electron chi connectivity index (χ1n) is 4.77. The smallest absolute Gasteiger partial charge is 0.192 e. The monoisotopic (exact) mass is 260 g/mol. The number of hydrogen-bond acceptors (Lipinski definition) is 2. The second-order valence-electron chi connectivity index (χ2n) is 3.63. The Morgan fingerprint density at radius 2 is 2.07 bits per heavy atom. The van der Waals surface area contributed by atoms with Gasteiger partial charge in [-0.3, -0.25) is 4.79 Å². The molecule has 0 bridgehead atoms. The minimum Gasteiger partial charge on any atom is -0.287 e. The van der Waals surface area contributed by atoms with E-state index in [-0.39, 0.29) is 0 Å². The Balaban J connectivity index is 1.92. The summed E-state index contributed by atoms with van der Waals surface area (Å²) >= 11 is 13.1. The summed E-state index contributed by atoms with van der Waals surface area (Å²) in [4.78, 5) is 11.4. The number of hydrogen-bond donors (Lipinski definition) is 0. The maximum atomic E-state index is 11.4. The Bertz CT molecular complexity index is 388. The molecule has 0 amide bonds. The molecule has 0 unspecified atom stereocenters. The van der Waals surface area contributed by atoms with Gasteiger partial charge in [-0.15, -0.1) is 0 Å². The molecule has 1 aromatic carbocycles. The van der Waals surface area contributed by atoms with Crippen molar-refractivity contribution in [1.29, 1.82) is 0 Å². The lowest BCUT2D eigenvalue weighted by Crippen LogP contribution is -1.94. The van der Waals surface area contributed by atoms with Crippen LogP contribution in [0.25, 0.3) is 0 Å². The molecule has 2 rings (SSSR count). The Hall–Kier alpha value is -0.180. The molecule has 0 saturated heterocycles. The van der Waals surface area contributed by atoms with Crippen molar-refractivity contribution in [3.8, 4) is 0 Å². The second kappa shape index (κ2) is 4.77. The molecule has 1 fully saturated rings. The molecule has 1 aromatic rings. The van der Waals surface area contributed by atoms with Gasteiger partial charge in [-0.05, 0) is 30.5 Å². The Labute approximate surface area is 103 Å². The van der Waals surface area contributed by atoms with Crippen LogP contribution < -0.4 is 0 Å². The molecule has 4 heteroatoms. The summed E-state index contributed by atoms with van der Waals surface area (Å²) in [5.41, 5.74) is 1.04. The molecule has 1 nitrogen and oxygen atoms in total.